The highest BCUT2D eigenvalue weighted by Crippen LogP contribution is 2.29. The van der Waals surface area contributed by atoms with E-state index < -0.39 is 18.1 Å². The lowest BCUT2D eigenvalue weighted by Crippen LogP contribution is -2.16. The van der Waals surface area contributed by atoms with Crippen molar-refractivity contribution < 1.29 is 26.7 Å². The van der Waals surface area contributed by atoms with E-state index in [2.05, 4.69) is 14.9 Å². The second-order valence-corrected chi connectivity index (χ2v) is 5.13. The number of halogens is 5. The number of hydrogen-bond donors (Lipinski definition) is 0. The molecule has 0 bridgehead atoms. The van der Waals surface area contributed by atoms with Crippen LogP contribution >= 0.6 is 0 Å². The summed E-state index contributed by atoms with van der Waals surface area (Å²) in [4.78, 5) is 0. The smallest absolute Gasteiger partial charge is 0.406 e. The molecule has 3 rings (SSSR count). The number of rotatable bonds is 3. The minimum Gasteiger partial charge on any atom is -0.406 e. The Morgan fingerprint density at radius 1 is 0.875 bits per heavy atom. The minimum absolute atomic E-state index is 0.243. The highest BCUT2D eigenvalue weighted by molar-refractivity contribution is 5.65. The van der Waals surface area contributed by atoms with Crippen molar-refractivity contribution in [3.63, 3.8) is 0 Å². The number of fused-ring (bicyclic) bond motifs is 1. The highest BCUT2D eigenvalue weighted by Gasteiger charge is 2.31. The molecule has 0 N–H and O–H groups in total. The number of hydrogen-bond acceptors (Lipinski definition) is 3. The van der Waals surface area contributed by atoms with Crippen LogP contribution in [0.2, 0.25) is 0 Å². The average Bonchev–Trinajstić information content (AvgIpc) is 2.89. The molecular formula is C15H10F5N3O. The molecule has 2 heterocycles. The van der Waals surface area contributed by atoms with Gasteiger partial charge in [0.1, 0.15) is 5.75 Å². The zero-order chi connectivity index (χ0) is 17.5. The van der Waals surface area contributed by atoms with E-state index in [1.165, 1.54) is 24.4 Å². The lowest BCUT2D eigenvalue weighted by atomic mass is 10.1. The molecule has 0 spiro atoms. The van der Waals surface area contributed by atoms with Gasteiger partial charge in [0.2, 0.25) is 5.82 Å². The number of aromatic nitrogens is 3. The molecule has 0 saturated carbocycles. The minimum atomic E-state index is -4.77. The molecule has 24 heavy (non-hydrogen) atoms. The number of ether oxygens (including phenoxy) is 1. The van der Waals surface area contributed by atoms with Crippen LogP contribution in [0, 0.1) is 0 Å². The quantitative estimate of drug-likeness (QED) is 0.662. The van der Waals surface area contributed by atoms with Gasteiger partial charge in [0, 0.05) is 13.1 Å². The van der Waals surface area contributed by atoms with Crippen LogP contribution < -0.4 is 4.74 Å². The summed E-state index contributed by atoms with van der Waals surface area (Å²) in [6.07, 6.45) is -3.37. The van der Waals surface area contributed by atoms with Gasteiger partial charge >= 0.3 is 12.3 Å². The van der Waals surface area contributed by atoms with Crippen molar-refractivity contribution in [1.82, 2.24) is 14.6 Å². The molecule has 0 saturated heterocycles. The van der Waals surface area contributed by atoms with E-state index in [0.717, 1.165) is 16.5 Å². The topological polar surface area (TPSA) is 39.4 Å². The number of alkyl halides is 5. The van der Waals surface area contributed by atoms with Gasteiger partial charge < -0.3 is 4.74 Å². The van der Waals surface area contributed by atoms with Crippen molar-refractivity contribution in [1.29, 1.82) is 0 Å². The second-order valence-electron chi connectivity index (χ2n) is 5.13. The van der Waals surface area contributed by atoms with Gasteiger partial charge in [-0.2, -0.15) is 8.78 Å². The molecule has 126 valence electrons. The fourth-order valence-corrected chi connectivity index (χ4v) is 2.21. The first-order valence-electron chi connectivity index (χ1n) is 6.73. The molecule has 0 radical (unpaired) electrons. The first-order chi connectivity index (χ1) is 11.1. The molecule has 2 aromatic heterocycles. The predicted octanol–water partition coefficient (Wildman–Crippen LogP) is 4.41. The van der Waals surface area contributed by atoms with Crippen molar-refractivity contribution in [3.8, 4) is 16.9 Å². The molecule has 0 unspecified atom stereocenters. The largest absolute Gasteiger partial charge is 0.573 e. The maximum absolute atomic E-state index is 13.5. The van der Waals surface area contributed by atoms with E-state index in [0.29, 0.717) is 18.1 Å². The monoisotopic (exact) mass is 343 g/mol. The van der Waals surface area contributed by atoms with E-state index in [4.69, 9.17) is 0 Å². The Morgan fingerprint density at radius 3 is 2.08 bits per heavy atom. The van der Waals surface area contributed by atoms with Crippen LogP contribution in [0.5, 0.6) is 5.75 Å². The van der Waals surface area contributed by atoms with Gasteiger partial charge in [0.05, 0.1) is 0 Å². The second kappa shape index (κ2) is 5.43. The lowest BCUT2D eigenvalue weighted by Gasteiger charge is -2.10. The van der Waals surface area contributed by atoms with E-state index in [9.17, 15) is 22.0 Å². The molecule has 3 aromatic rings. The fraction of sp³-hybridized carbons (Fsp3) is 0.200. The van der Waals surface area contributed by atoms with Gasteiger partial charge in [0.25, 0.3) is 0 Å². The first kappa shape index (κ1) is 16.2. The van der Waals surface area contributed by atoms with Gasteiger partial charge in [-0.15, -0.1) is 23.4 Å². The molecule has 1 aromatic carbocycles. The van der Waals surface area contributed by atoms with Gasteiger partial charge in [-0.05, 0) is 35.4 Å². The average molecular weight is 343 g/mol. The Kier molecular flexibility index (Phi) is 3.66. The summed E-state index contributed by atoms with van der Waals surface area (Å²) in [5.41, 5.74) is 1.30. The van der Waals surface area contributed by atoms with Crippen molar-refractivity contribution >= 4 is 5.65 Å². The molecule has 0 atom stereocenters. The van der Waals surface area contributed by atoms with E-state index in [-0.39, 0.29) is 11.4 Å². The molecular weight excluding hydrogens is 333 g/mol. The van der Waals surface area contributed by atoms with Crippen LogP contribution in [0.3, 0.4) is 0 Å². The zero-order valence-corrected chi connectivity index (χ0v) is 12.2. The Labute approximate surface area is 132 Å². The summed E-state index contributed by atoms with van der Waals surface area (Å²) in [6.45, 7) is 0.708. The van der Waals surface area contributed by atoms with Gasteiger partial charge in [-0.25, -0.2) is 0 Å². The predicted molar refractivity (Wildman–Crippen MR) is 74.7 cm³/mol. The van der Waals surface area contributed by atoms with Crippen LogP contribution in [0.4, 0.5) is 22.0 Å². The summed E-state index contributed by atoms with van der Waals surface area (Å²) in [7, 11) is 0. The lowest BCUT2D eigenvalue weighted by molar-refractivity contribution is -0.274. The standard InChI is InChI=1S/C15H10F5N3O/c1-14(16,17)13-22-21-12-7-4-10(8-23(12)13)9-2-5-11(6-3-9)24-15(18,19)20/h2-8H,1H3. The maximum atomic E-state index is 13.5. The van der Waals surface area contributed by atoms with Gasteiger partial charge in [-0.3, -0.25) is 4.40 Å². The summed E-state index contributed by atoms with van der Waals surface area (Å²) in [5, 5.41) is 7.14. The third-order valence-corrected chi connectivity index (χ3v) is 3.22. The van der Waals surface area contributed by atoms with E-state index in [1.807, 2.05) is 0 Å². The van der Waals surface area contributed by atoms with E-state index >= 15 is 0 Å². The number of pyridine rings is 1. The van der Waals surface area contributed by atoms with Crippen LogP contribution in [-0.2, 0) is 5.92 Å². The summed E-state index contributed by atoms with van der Waals surface area (Å²) in [5.74, 6) is -4.06. The zero-order valence-electron chi connectivity index (χ0n) is 12.2. The van der Waals surface area contributed by atoms with E-state index in [1.54, 1.807) is 6.07 Å². The number of nitrogens with zero attached hydrogens (tertiary/aromatic N) is 3. The van der Waals surface area contributed by atoms with Crippen molar-refractivity contribution in [2.24, 2.45) is 0 Å². The molecule has 0 amide bonds. The Hall–Kier alpha value is -2.71. The van der Waals surface area contributed by atoms with Crippen LogP contribution in [0.1, 0.15) is 12.7 Å². The SMILES string of the molecule is CC(F)(F)c1nnc2ccc(-c3ccc(OC(F)(F)F)cc3)cn12. The Balaban J connectivity index is 1.97. The molecule has 4 nitrogen and oxygen atoms in total. The molecule has 0 aliphatic rings. The highest BCUT2D eigenvalue weighted by atomic mass is 19.4. The van der Waals surface area contributed by atoms with Crippen molar-refractivity contribution in [3.05, 3.63) is 48.4 Å². The van der Waals surface area contributed by atoms with Crippen LogP contribution in [0.15, 0.2) is 42.6 Å². The molecule has 0 aliphatic heterocycles. The van der Waals surface area contributed by atoms with Gasteiger partial charge in [-0.1, -0.05) is 12.1 Å². The third kappa shape index (κ3) is 3.29. The molecule has 0 aliphatic carbocycles. The Morgan fingerprint density at radius 2 is 1.50 bits per heavy atom. The number of benzene rings is 1. The van der Waals surface area contributed by atoms with Crippen LogP contribution in [0.25, 0.3) is 16.8 Å². The molecule has 9 heteroatoms. The summed E-state index contributed by atoms with van der Waals surface area (Å²) < 4.78 is 68.4. The maximum Gasteiger partial charge on any atom is 0.573 e. The van der Waals surface area contributed by atoms with Gasteiger partial charge in [0.15, 0.2) is 5.65 Å². The Bertz CT molecular complexity index is 865. The normalized spacial score (nSPS) is 12.6. The fourth-order valence-electron chi connectivity index (χ4n) is 2.21. The first-order valence-corrected chi connectivity index (χ1v) is 6.73. The van der Waals surface area contributed by atoms with Crippen LogP contribution in [-0.4, -0.2) is 21.0 Å². The van der Waals surface area contributed by atoms with Crippen molar-refractivity contribution in [2.75, 3.05) is 0 Å². The third-order valence-electron chi connectivity index (χ3n) is 3.22. The van der Waals surface area contributed by atoms with Crippen molar-refractivity contribution in [2.45, 2.75) is 19.2 Å². The summed E-state index contributed by atoms with van der Waals surface area (Å²) in [6, 6.07) is 8.20. The summed E-state index contributed by atoms with van der Waals surface area (Å²) >= 11 is 0. The molecule has 0 fully saturated rings.